The Morgan fingerprint density at radius 1 is 0.895 bits per heavy atom. The van der Waals surface area contributed by atoms with Gasteiger partial charge in [-0.2, -0.15) is 13.2 Å². The van der Waals surface area contributed by atoms with Crippen molar-refractivity contribution in [2.24, 2.45) is 5.92 Å². The first-order valence-corrected chi connectivity index (χ1v) is 12.4. The molecule has 1 aliphatic rings. The van der Waals surface area contributed by atoms with Crippen LogP contribution in [0.3, 0.4) is 0 Å². The molecule has 0 aliphatic carbocycles. The second-order valence-corrected chi connectivity index (χ2v) is 9.26. The minimum atomic E-state index is -4.94. The molecule has 4 rings (SSSR count). The Labute approximate surface area is 217 Å². The summed E-state index contributed by atoms with van der Waals surface area (Å²) in [5.41, 5.74) is 0.856. The van der Waals surface area contributed by atoms with Gasteiger partial charge in [0.1, 0.15) is 11.6 Å². The lowest BCUT2D eigenvalue weighted by atomic mass is 10.0. The quantitative estimate of drug-likeness (QED) is 0.131. The molecule has 2 nitrogen and oxygen atoms in total. The second kappa shape index (κ2) is 12.1. The van der Waals surface area contributed by atoms with E-state index >= 15 is 0 Å². The number of fused-ring (bicyclic) bond motifs is 1. The average Bonchev–Trinajstić information content (AvgIpc) is 2.87. The number of unbranched alkanes of at least 4 members (excludes halogenated alkanes) is 2. The standard InChI is InChI=1S/C30H26F6O2/c1-2-3-4-5-21-17-37-29(38-18-21)22-10-8-19(9-11-22)6-7-20-14-23-16-25(31)24(12-13-30(34,35)36)28(33)27(23)26(32)15-20/h6-11,14-16,21,29H,2-5,17-18H2,1H3/b7-6+. The minimum absolute atomic E-state index is 0.132. The Kier molecular flexibility index (Phi) is 8.80. The van der Waals surface area contributed by atoms with E-state index in [9.17, 15) is 26.3 Å². The van der Waals surface area contributed by atoms with Gasteiger partial charge in [-0.15, -0.1) is 0 Å². The summed E-state index contributed by atoms with van der Waals surface area (Å²) in [6, 6.07) is 10.6. The molecule has 1 saturated heterocycles. The van der Waals surface area contributed by atoms with E-state index in [4.69, 9.17) is 9.47 Å². The van der Waals surface area contributed by atoms with E-state index in [1.165, 1.54) is 31.2 Å². The number of rotatable bonds is 7. The molecule has 1 heterocycles. The molecule has 200 valence electrons. The zero-order valence-electron chi connectivity index (χ0n) is 20.7. The van der Waals surface area contributed by atoms with Crippen LogP contribution in [0.5, 0.6) is 0 Å². The lowest BCUT2D eigenvalue weighted by Crippen LogP contribution is -2.27. The lowest BCUT2D eigenvalue weighted by Gasteiger charge is -2.29. The van der Waals surface area contributed by atoms with Crippen LogP contribution in [-0.4, -0.2) is 19.4 Å². The van der Waals surface area contributed by atoms with Gasteiger partial charge >= 0.3 is 6.18 Å². The van der Waals surface area contributed by atoms with Crippen molar-refractivity contribution in [3.05, 3.63) is 82.2 Å². The van der Waals surface area contributed by atoms with Gasteiger partial charge in [-0.1, -0.05) is 68.5 Å². The molecule has 0 radical (unpaired) electrons. The number of alkyl halides is 3. The smallest absolute Gasteiger partial charge is 0.348 e. The largest absolute Gasteiger partial charge is 0.458 e. The highest BCUT2D eigenvalue weighted by Crippen LogP contribution is 2.30. The van der Waals surface area contributed by atoms with Gasteiger partial charge in [0.15, 0.2) is 12.1 Å². The zero-order chi connectivity index (χ0) is 27.3. The van der Waals surface area contributed by atoms with Crippen LogP contribution >= 0.6 is 0 Å². The highest BCUT2D eigenvalue weighted by Gasteiger charge is 2.25. The van der Waals surface area contributed by atoms with Crippen molar-refractivity contribution in [2.75, 3.05) is 13.2 Å². The van der Waals surface area contributed by atoms with E-state index in [-0.39, 0.29) is 5.39 Å². The van der Waals surface area contributed by atoms with E-state index in [0.717, 1.165) is 35.6 Å². The normalized spacial score (nSPS) is 18.1. The van der Waals surface area contributed by atoms with E-state index < -0.39 is 40.9 Å². The fourth-order valence-electron chi connectivity index (χ4n) is 4.32. The van der Waals surface area contributed by atoms with Crippen molar-refractivity contribution in [2.45, 2.75) is 45.1 Å². The Balaban J connectivity index is 1.46. The van der Waals surface area contributed by atoms with Crippen LogP contribution in [0.2, 0.25) is 0 Å². The van der Waals surface area contributed by atoms with Gasteiger partial charge in [-0.05, 0) is 41.1 Å². The third kappa shape index (κ3) is 6.97. The van der Waals surface area contributed by atoms with Gasteiger partial charge in [0.2, 0.25) is 0 Å². The molecule has 1 aliphatic heterocycles. The summed E-state index contributed by atoms with van der Waals surface area (Å²) in [6.45, 7) is 3.48. The maximum atomic E-state index is 14.7. The number of benzene rings is 3. The molecule has 0 unspecified atom stereocenters. The molecule has 3 aromatic carbocycles. The van der Waals surface area contributed by atoms with Crippen LogP contribution in [0.15, 0.2) is 42.5 Å². The molecule has 0 spiro atoms. The first kappa shape index (κ1) is 27.7. The first-order chi connectivity index (χ1) is 18.1. The molecule has 0 aromatic heterocycles. The topological polar surface area (TPSA) is 18.5 Å². The third-order valence-electron chi connectivity index (χ3n) is 6.29. The van der Waals surface area contributed by atoms with Crippen molar-refractivity contribution in [1.29, 1.82) is 0 Å². The van der Waals surface area contributed by atoms with Gasteiger partial charge in [0, 0.05) is 17.4 Å². The van der Waals surface area contributed by atoms with Gasteiger partial charge in [-0.3, -0.25) is 0 Å². The highest BCUT2D eigenvalue weighted by molar-refractivity contribution is 5.88. The molecule has 0 saturated carbocycles. The molecule has 38 heavy (non-hydrogen) atoms. The maximum Gasteiger partial charge on any atom is 0.458 e. The molecule has 0 amide bonds. The van der Waals surface area contributed by atoms with E-state index in [1.54, 1.807) is 12.2 Å². The Morgan fingerprint density at radius 3 is 2.24 bits per heavy atom. The molecular weight excluding hydrogens is 506 g/mol. The number of halogens is 6. The van der Waals surface area contributed by atoms with Crippen molar-refractivity contribution >= 4 is 22.9 Å². The van der Waals surface area contributed by atoms with Crippen LogP contribution < -0.4 is 0 Å². The molecule has 1 fully saturated rings. The summed E-state index contributed by atoms with van der Waals surface area (Å²) < 4.78 is 92.4. The fraction of sp³-hybridized carbons (Fsp3) is 0.333. The number of hydrogen-bond acceptors (Lipinski definition) is 2. The second-order valence-electron chi connectivity index (χ2n) is 9.26. The lowest BCUT2D eigenvalue weighted by molar-refractivity contribution is -0.206. The van der Waals surface area contributed by atoms with Gasteiger partial charge in [0.05, 0.1) is 24.2 Å². The molecule has 8 heteroatoms. The average molecular weight is 533 g/mol. The van der Waals surface area contributed by atoms with Crippen molar-refractivity contribution in [1.82, 2.24) is 0 Å². The number of hydrogen-bond donors (Lipinski definition) is 0. The molecule has 0 atom stereocenters. The molecule has 0 N–H and O–H groups in total. The van der Waals surface area contributed by atoms with Crippen LogP contribution in [-0.2, 0) is 9.47 Å². The van der Waals surface area contributed by atoms with E-state index in [0.29, 0.717) is 24.7 Å². The Bertz CT molecular complexity index is 1360. The Hall–Kier alpha value is -3.28. The van der Waals surface area contributed by atoms with Crippen molar-refractivity contribution < 1.29 is 35.8 Å². The molecule has 0 bridgehead atoms. The monoisotopic (exact) mass is 532 g/mol. The van der Waals surface area contributed by atoms with Crippen LogP contribution in [0.25, 0.3) is 22.9 Å². The van der Waals surface area contributed by atoms with E-state index in [1.807, 2.05) is 24.3 Å². The van der Waals surface area contributed by atoms with Crippen molar-refractivity contribution in [3.8, 4) is 11.8 Å². The van der Waals surface area contributed by atoms with Gasteiger partial charge < -0.3 is 9.47 Å². The maximum absolute atomic E-state index is 14.7. The summed E-state index contributed by atoms with van der Waals surface area (Å²) in [7, 11) is 0. The van der Waals surface area contributed by atoms with Crippen molar-refractivity contribution in [3.63, 3.8) is 0 Å². The summed E-state index contributed by atoms with van der Waals surface area (Å²) in [4.78, 5) is 0. The molecule has 3 aromatic rings. The minimum Gasteiger partial charge on any atom is -0.348 e. The summed E-state index contributed by atoms with van der Waals surface area (Å²) in [5, 5.41) is -0.758. The predicted molar refractivity (Wildman–Crippen MR) is 134 cm³/mol. The van der Waals surface area contributed by atoms with Gasteiger partial charge in [-0.25, -0.2) is 13.2 Å². The summed E-state index contributed by atoms with van der Waals surface area (Å²) in [5.74, 6) is -1.18. The van der Waals surface area contributed by atoms with Crippen LogP contribution in [0.4, 0.5) is 26.3 Å². The zero-order valence-corrected chi connectivity index (χ0v) is 20.7. The fourth-order valence-corrected chi connectivity index (χ4v) is 4.32. The van der Waals surface area contributed by atoms with Crippen LogP contribution in [0, 0.1) is 35.2 Å². The summed E-state index contributed by atoms with van der Waals surface area (Å²) in [6.07, 6.45) is 2.54. The van der Waals surface area contributed by atoms with Crippen LogP contribution in [0.1, 0.15) is 61.2 Å². The van der Waals surface area contributed by atoms with Gasteiger partial charge in [0.25, 0.3) is 0 Å². The Morgan fingerprint density at radius 2 is 1.58 bits per heavy atom. The SMILES string of the molecule is CCCCCC1COC(c2ccc(/C=C/c3cc(F)c4c(F)c(C#CC(F)(F)F)c(F)cc4c3)cc2)OC1. The third-order valence-corrected chi connectivity index (χ3v) is 6.29. The molecular formula is C30H26F6O2. The number of ether oxygens (including phenoxy) is 2. The predicted octanol–water partition coefficient (Wildman–Crippen LogP) is 8.58. The van der Waals surface area contributed by atoms with E-state index in [2.05, 4.69) is 6.92 Å². The first-order valence-electron chi connectivity index (χ1n) is 12.4. The highest BCUT2D eigenvalue weighted by atomic mass is 19.4. The summed E-state index contributed by atoms with van der Waals surface area (Å²) >= 11 is 0.